The van der Waals surface area contributed by atoms with Gasteiger partial charge in [-0.2, -0.15) is 0 Å². The largest absolute Gasteiger partial charge is 0.388 e. The molecule has 2 N–H and O–H groups in total. The monoisotopic (exact) mass is 528 g/mol. The van der Waals surface area contributed by atoms with Gasteiger partial charge in [-0.1, -0.05) is 45.9 Å². The predicted octanol–water partition coefficient (Wildman–Crippen LogP) is 2.22. The fraction of sp³-hybridized carbons (Fsp3) is 0.250. The number of benzene rings is 2. The van der Waals surface area contributed by atoms with Crippen LogP contribution in [-0.2, 0) is 19.1 Å². The third-order valence-corrected chi connectivity index (χ3v) is 8.01. The number of cyclic esters (lactones) is 4. The molecule has 10 nitrogen and oxygen atoms in total. The molecule has 0 bridgehead atoms. The minimum absolute atomic E-state index is 0.0178. The zero-order chi connectivity index (χ0) is 25.8. The molecule has 2 aliphatic rings. The summed E-state index contributed by atoms with van der Waals surface area (Å²) >= 11 is 0. The molecule has 0 fully saturated rings. The summed E-state index contributed by atoms with van der Waals surface area (Å²) in [6.45, 7) is 0. The van der Waals surface area contributed by atoms with Gasteiger partial charge in [-0.25, -0.2) is 19.2 Å². The van der Waals surface area contributed by atoms with Gasteiger partial charge in [-0.3, -0.25) is 14.5 Å². The molecular weight excluding hydrogens is 508 g/mol. The summed E-state index contributed by atoms with van der Waals surface area (Å²) in [5.41, 5.74) is 5.51. The van der Waals surface area contributed by atoms with Crippen LogP contribution in [0.5, 0.6) is 0 Å². The van der Waals surface area contributed by atoms with Crippen LogP contribution in [0.4, 0.5) is 0 Å². The summed E-state index contributed by atoms with van der Waals surface area (Å²) in [5, 5.41) is 0. The Kier molecular flexibility index (Phi) is 7.87. The molecule has 186 valence electrons. The summed E-state index contributed by atoms with van der Waals surface area (Å²) in [6.07, 6.45) is 0.234. The van der Waals surface area contributed by atoms with Crippen molar-refractivity contribution in [2.45, 2.75) is 24.9 Å². The summed E-state index contributed by atoms with van der Waals surface area (Å²) in [6, 6.07) is 9.08. The number of fused-ring (bicyclic) bond motifs is 2. The van der Waals surface area contributed by atoms with Gasteiger partial charge in [0.25, 0.3) is 11.8 Å². The van der Waals surface area contributed by atoms with Crippen molar-refractivity contribution in [3.8, 4) is 0 Å². The van der Waals surface area contributed by atoms with Crippen molar-refractivity contribution >= 4 is 57.3 Å². The van der Waals surface area contributed by atoms with E-state index < -0.39 is 47.8 Å². The molecule has 2 atom stereocenters. The Bertz CT molecular complexity index is 1230. The number of nitrogens with two attached hydrogens (primary N) is 1. The number of esters is 4. The van der Waals surface area contributed by atoms with E-state index >= 15 is 0 Å². The first-order valence-electron chi connectivity index (χ1n) is 10.9. The van der Waals surface area contributed by atoms with Crippen molar-refractivity contribution in [2.75, 3.05) is 11.5 Å². The molecule has 36 heavy (non-hydrogen) atoms. The minimum Gasteiger partial charge on any atom is -0.388 e. The second kappa shape index (κ2) is 11.1. The lowest BCUT2D eigenvalue weighted by atomic mass is 10.1. The van der Waals surface area contributed by atoms with E-state index in [1.54, 1.807) is 12.1 Å². The molecule has 0 saturated heterocycles. The topological polar surface area (TPSA) is 150 Å². The second-order valence-electron chi connectivity index (χ2n) is 7.83. The fourth-order valence-electron chi connectivity index (χ4n) is 3.69. The first-order valence-corrected chi connectivity index (χ1v) is 13.4. The number of carbonyl (C=O) groups is 6. The molecule has 0 spiro atoms. The second-order valence-corrected chi connectivity index (χ2v) is 10.5. The molecule has 0 aliphatic carbocycles. The number of carbonyl (C=O) groups excluding carboxylic acids is 6. The van der Waals surface area contributed by atoms with E-state index in [2.05, 4.69) is 0 Å². The normalized spacial score (nSPS) is 22.1. The molecule has 0 saturated carbocycles. The molecule has 12 heteroatoms. The smallest absolute Gasteiger partial charge is 0.346 e. The third-order valence-electron chi connectivity index (χ3n) is 5.54. The van der Waals surface area contributed by atoms with Crippen LogP contribution >= 0.6 is 21.6 Å². The molecule has 1 unspecified atom stereocenters. The molecule has 2 aliphatic heterocycles. The highest BCUT2D eigenvalue weighted by molar-refractivity contribution is 8.76. The first-order chi connectivity index (χ1) is 17.3. The Hall–Kier alpha value is -3.48. The van der Waals surface area contributed by atoms with Gasteiger partial charge >= 0.3 is 23.9 Å². The van der Waals surface area contributed by atoms with Crippen molar-refractivity contribution in [1.82, 2.24) is 4.90 Å². The van der Waals surface area contributed by atoms with Gasteiger partial charge in [0.2, 0.25) is 0 Å². The van der Waals surface area contributed by atoms with Crippen LogP contribution in [0.15, 0.2) is 48.5 Å². The van der Waals surface area contributed by atoms with E-state index in [1.165, 1.54) is 58.0 Å². The maximum atomic E-state index is 13.1. The Balaban J connectivity index is 1.65. The maximum absolute atomic E-state index is 13.1. The number of hydrogen-bond donors (Lipinski definition) is 1. The lowest BCUT2D eigenvalue weighted by Crippen LogP contribution is -2.46. The van der Waals surface area contributed by atoms with E-state index in [4.69, 9.17) is 15.2 Å². The van der Waals surface area contributed by atoms with Crippen molar-refractivity contribution in [1.29, 1.82) is 0 Å². The molecule has 4 rings (SSSR count). The van der Waals surface area contributed by atoms with Crippen molar-refractivity contribution in [2.24, 2.45) is 5.73 Å². The molecular formula is C24H20N2O8S2. The van der Waals surface area contributed by atoms with E-state index in [-0.39, 0.29) is 35.1 Å². The highest BCUT2D eigenvalue weighted by Crippen LogP contribution is 2.29. The molecule has 0 aromatic heterocycles. The summed E-state index contributed by atoms with van der Waals surface area (Å²) in [5.74, 6) is -4.94. The number of hydrogen-bond acceptors (Lipinski definition) is 11. The number of amides is 2. The number of nitrogens with zero attached hydrogens (tertiary/aromatic N) is 1. The van der Waals surface area contributed by atoms with E-state index in [0.29, 0.717) is 11.5 Å². The van der Waals surface area contributed by atoms with Gasteiger partial charge in [0.15, 0.2) is 0 Å². The Morgan fingerprint density at radius 1 is 0.667 bits per heavy atom. The van der Waals surface area contributed by atoms with Gasteiger partial charge in [0.05, 0.1) is 22.3 Å². The Morgan fingerprint density at radius 3 is 1.64 bits per heavy atom. The van der Waals surface area contributed by atoms with Crippen molar-refractivity contribution in [3.05, 3.63) is 70.8 Å². The van der Waals surface area contributed by atoms with Crippen LogP contribution in [0.25, 0.3) is 0 Å². The number of ether oxygens (including phenoxy) is 2. The lowest BCUT2D eigenvalue weighted by molar-refractivity contribution is -0.143. The quantitative estimate of drug-likeness (QED) is 0.251. The minimum atomic E-state index is -1.37. The average molecular weight is 529 g/mol. The summed E-state index contributed by atoms with van der Waals surface area (Å²) < 4.78 is 9.86. The first kappa shape index (κ1) is 25.6. The van der Waals surface area contributed by atoms with Crippen LogP contribution in [0.3, 0.4) is 0 Å². The summed E-state index contributed by atoms with van der Waals surface area (Å²) in [4.78, 5) is 77.6. The highest BCUT2D eigenvalue weighted by atomic mass is 33.1. The molecule has 2 aromatic carbocycles. The van der Waals surface area contributed by atoms with Gasteiger partial charge in [-0.05, 0) is 37.1 Å². The van der Waals surface area contributed by atoms with Crippen LogP contribution in [0, 0.1) is 0 Å². The van der Waals surface area contributed by atoms with Crippen molar-refractivity contribution in [3.63, 3.8) is 0 Å². The maximum Gasteiger partial charge on any atom is 0.346 e. The zero-order valence-corrected chi connectivity index (χ0v) is 20.3. The molecule has 2 aromatic rings. The Morgan fingerprint density at radius 2 is 1.11 bits per heavy atom. The molecule has 0 radical (unpaired) electrons. The molecule has 2 heterocycles. The number of rotatable bonds is 1. The standard InChI is InChI=1S/C24H20N2O8S2/c25-17-9-11-35-36-12-10-18(26-19(27)13-5-1-2-6-14(13)20(26)28)24(32)34-22(30)16-8-4-3-7-15(16)21(29)33-23(17)31/h1-8,17-18H,9-12,25H2/t17?,18-/m0/s1. The lowest BCUT2D eigenvalue weighted by Gasteiger charge is -2.24. The predicted molar refractivity (Wildman–Crippen MR) is 130 cm³/mol. The third kappa shape index (κ3) is 5.20. The summed E-state index contributed by atoms with van der Waals surface area (Å²) in [7, 11) is 2.69. The SMILES string of the molecule is NC1CCSSCC[C@H](N2C(=O)c3ccccc3C2=O)C(=O)OC(=O)c2ccccc2C(=O)OC1=O. The van der Waals surface area contributed by atoms with Gasteiger partial charge in [0.1, 0.15) is 12.1 Å². The van der Waals surface area contributed by atoms with E-state index in [9.17, 15) is 28.8 Å². The zero-order valence-electron chi connectivity index (χ0n) is 18.7. The van der Waals surface area contributed by atoms with Crippen molar-refractivity contribution < 1.29 is 38.2 Å². The van der Waals surface area contributed by atoms with E-state index in [1.807, 2.05) is 0 Å². The van der Waals surface area contributed by atoms with Crippen LogP contribution in [0.2, 0.25) is 0 Å². The van der Waals surface area contributed by atoms with Crippen LogP contribution in [0.1, 0.15) is 54.3 Å². The number of imide groups is 1. The average Bonchev–Trinajstić information content (AvgIpc) is 3.12. The fourth-order valence-corrected chi connectivity index (χ4v) is 5.88. The Labute approximate surface area is 213 Å². The van der Waals surface area contributed by atoms with Gasteiger partial charge < -0.3 is 15.2 Å². The van der Waals surface area contributed by atoms with Gasteiger partial charge in [0, 0.05) is 11.5 Å². The van der Waals surface area contributed by atoms with E-state index in [0.717, 1.165) is 4.90 Å². The highest BCUT2D eigenvalue weighted by Gasteiger charge is 2.44. The van der Waals surface area contributed by atoms with Crippen LogP contribution < -0.4 is 5.73 Å². The van der Waals surface area contributed by atoms with Crippen LogP contribution in [-0.4, -0.2) is 64.2 Å². The molecule has 2 amide bonds. The van der Waals surface area contributed by atoms with Gasteiger partial charge in [-0.15, -0.1) is 0 Å².